The van der Waals surface area contributed by atoms with Crippen LogP contribution in [0.3, 0.4) is 0 Å². The smallest absolute Gasteiger partial charge is 0.345 e. The van der Waals surface area contributed by atoms with Crippen molar-refractivity contribution in [3.8, 4) is 0 Å². The highest BCUT2D eigenvalue weighted by Gasteiger charge is 2.18. The second kappa shape index (κ2) is 9.14. The van der Waals surface area contributed by atoms with E-state index in [4.69, 9.17) is 23.2 Å². The van der Waals surface area contributed by atoms with Gasteiger partial charge in [0.05, 0.1) is 11.8 Å². The maximum absolute atomic E-state index is 11.2. The number of aromatic nitrogens is 3. The van der Waals surface area contributed by atoms with E-state index in [1.54, 1.807) is 19.2 Å². The van der Waals surface area contributed by atoms with E-state index < -0.39 is 4.92 Å². The topological polar surface area (TPSA) is 77.1 Å². The Balaban J connectivity index is 1.76. The highest BCUT2D eigenvalue weighted by Crippen LogP contribution is 2.16. The standard InChI is InChI=1S/C19H19Cl2N5O2/c1-14-10-19(26(27)28)25(23-14)9-8-24(12-15-2-5-17(20)6-3-15)13-16-4-7-18(21)22-11-16/h2-7,10-11H,8-9,12-13H2,1H3. The van der Waals surface area contributed by atoms with Gasteiger partial charge in [0.1, 0.15) is 11.7 Å². The SMILES string of the molecule is Cc1cc([N+](=O)[O-])n(CCN(Cc2ccc(Cl)cc2)Cc2ccc(Cl)nc2)n1. The lowest BCUT2D eigenvalue weighted by Crippen LogP contribution is -2.27. The normalized spacial score (nSPS) is 11.1. The molecule has 9 heteroatoms. The molecule has 0 bridgehead atoms. The van der Waals surface area contributed by atoms with E-state index >= 15 is 0 Å². The second-order valence-corrected chi connectivity index (χ2v) is 7.27. The lowest BCUT2D eigenvalue weighted by atomic mass is 10.2. The van der Waals surface area contributed by atoms with Crippen LogP contribution in [0.15, 0.2) is 48.7 Å². The quantitative estimate of drug-likeness (QED) is 0.305. The summed E-state index contributed by atoms with van der Waals surface area (Å²) in [6, 6.07) is 12.8. The molecule has 146 valence electrons. The fraction of sp³-hybridized carbons (Fsp3) is 0.263. The number of benzene rings is 1. The molecule has 0 saturated carbocycles. The third-order valence-corrected chi connectivity index (χ3v) is 4.69. The van der Waals surface area contributed by atoms with Gasteiger partial charge in [-0.25, -0.2) is 4.98 Å². The third-order valence-electron chi connectivity index (χ3n) is 4.21. The number of nitrogens with zero attached hydrogens (tertiary/aromatic N) is 5. The Morgan fingerprint density at radius 2 is 1.79 bits per heavy atom. The summed E-state index contributed by atoms with van der Waals surface area (Å²) in [5, 5.41) is 16.6. The van der Waals surface area contributed by atoms with Crippen molar-refractivity contribution in [2.75, 3.05) is 6.54 Å². The van der Waals surface area contributed by atoms with Crippen LogP contribution in [0.1, 0.15) is 16.8 Å². The van der Waals surface area contributed by atoms with E-state index in [1.165, 1.54) is 10.7 Å². The number of pyridine rings is 1. The zero-order chi connectivity index (χ0) is 20.1. The highest BCUT2D eigenvalue weighted by atomic mass is 35.5. The van der Waals surface area contributed by atoms with Gasteiger partial charge in [0.2, 0.25) is 0 Å². The van der Waals surface area contributed by atoms with Gasteiger partial charge >= 0.3 is 5.82 Å². The Morgan fingerprint density at radius 1 is 1.11 bits per heavy atom. The molecule has 2 heterocycles. The van der Waals surface area contributed by atoms with Crippen LogP contribution < -0.4 is 0 Å². The first-order chi connectivity index (χ1) is 13.4. The van der Waals surface area contributed by atoms with E-state index in [0.29, 0.717) is 42.0 Å². The summed E-state index contributed by atoms with van der Waals surface area (Å²) in [6.07, 6.45) is 1.73. The van der Waals surface area contributed by atoms with Gasteiger partial charge in [-0.2, -0.15) is 0 Å². The van der Waals surface area contributed by atoms with Crippen LogP contribution in [0.5, 0.6) is 0 Å². The second-order valence-electron chi connectivity index (χ2n) is 6.45. The van der Waals surface area contributed by atoms with E-state index in [-0.39, 0.29) is 5.82 Å². The minimum absolute atomic E-state index is 0.00268. The lowest BCUT2D eigenvalue weighted by Gasteiger charge is -2.21. The molecule has 0 N–H and O–H groups in total. The molecule has 0 spiro atoms. The Bertz CT molecular complexity index is 894. The average molecular weight is 420 g/mol. The van der Waals surface area contributed by atoms with Crippen molar-refractivity contribution in [1.82, 2.24) is 19.7 Å². The van der Waals surface area contributed by atoms with Gasteiger partial charge in [-0.15, -0.1) is 4.68 Å². The van der Waals surface area contributed by atoms with E-state index in [0.717, 1.165) is 11.1 Å². The average Bonchev–Trinajstić information content (AvgIpc) is 3.04. The first kappa shape index (κ1) is 20.3. The van der Waals surface area contributed by atoms with Crippen LogP contribution in [0, 0.1) is 17.0 Å². The van der Waals surface area contributed by atoms with Gasteiger partial charge in [-0.1, -0.05) is 46.5 Å². The van der Waals surface area contributed by atoms with Gasteiger partial charge in [0.25, 0.3) is 0 Å². The summed E-state index contributed by atoms with van der Waals surface area (Å²) in [5.41, 5.74) is 2.72. The molecule has 0 aliphatic heterocycles. The summed E-state index contributed by atoms with van der Waals surface area (Å²) in [4.78, 5) is 17.1. The first-order valence-corrected chi connectivity index (χ1v) is 9.42. The van der Waals surface area contributed by atoms with Crippen molar-refractivity contribution in [2.24, 2.45) is 0 Å². The summed E-state index contributed by atoms with van der Waals surface area (Å²) in [5.74, 6) is -0.00268. The molecule has 0 aliphatic carbocycles. The maximum atomic E-state index is 11.2. The summed E-state index contributed by atoms with van der Waals surface area (Å²) in [6.45, 7) is 4.01. The molecule has 0 fully saturated rings. The zero-order valence-electron chi connectivity index (χ0n) is 15.3. The van der Waals surface area contributed by atoms with Crippen LogP contribution in [-0.4, -0.2) is 31.1 Å². The Labute approximate surface area is 172 Å². The molecule has 0 saturated heterocycles. The van der Waals surface area contributed by atoms with E-state index in [9.17, 15) is 10.1 Å². The number of rotatable bonds is 8. The molecule has 0 atom stereocenters. The number of aryl methyl sites for hydroxylation is 1. The third kappa shape index (κ3) is 5.51. The van der Waals surface area contributed by atoms with Gasteiger partial charge in [-0.3, -0.25) is 4.90 Å². The van der Waals surface area contributed by atoms with Crippen molar-refractivity contribution in [3.63, 3.8) is 0 Å². The molecule has 0 radical (unpaired) electrons. The van der Waals surface area contributed by atoms with Crippen molar-refractivity contribution < 1.29 is 4.92 Å². The number of nitro groups is 1. The van der Waals surface area contributed by atoms with Gasteiger partial charge in [0.15, 0.2) is 0 Å². The van der Waals surface area contributed by atoms with Gasteiger partial charge in [-0.05, 0) is 41.2 Å². The lowest BCUT2D eigenvalue weighted by molar-refractivity contribution is -0.392. The van der Waals surface area contributed by atoms with Crippen LogP contribution in [0.4, 0.5) is 5.82 Å². The van der Waals surface area contributed by atoms with Crippen molar-refractivity contribution in [1.29, 1.82) is 0 Å². The molecule has 2 aromatic heterocycles. The van der Waals surface area contributed by atoms with Crippen molar-refractivity contribution >= 4 is 29.0 Å². The number of halogens is 2. The Morgan fingerprint density at radius 3 is 2.43 bits per heavy atom. The summed E-state index contributed by atoms with van der Waals surface area (Å²) < 4.78 is 1.43. The molecular weight excluding hydrogens is 401 g/mol. The minimum Gasteiger partial charge on any atom is -0.358 e. The zero-order valence-corrected chi connectivity index (χ0v) is 16.8. The van der Waals surface area contributed by atoms with Crippen LogP contribution >= 0.6 is 23.2 Å². The predicted octanol–water partition coefficient (Wildman–Crippen LogP) is 4.50. The fourth-order valence-corrected chi connectivity index (χ4v) is 3.14. The van der Waals surface area contributed by atoms with Crippen molar-refractivity contribution in [3.05, 3.63) is 85.8 Å². The highest BCUT2D eigenvalue weighted by molar-refractivity contribution is 6.30. The predicted molar refractivity (Wildman–Crippen MR) is 108 cm³/mol. The maximum Gasteiger partial charge on any atom is 0.345 e. The van der Waals surface area contributed by atoms with Crippen LogP contribution in [-0.2, 0) is 19.6 Å². The molecular formula is C19H19Cl2N5O2. The first-order valence-electron chi connectivity index (χ1n) is 8.67. The Kier molecular flexibility index (Phi) is 6.61. The molecule has 28 heavy (non-hydrogen) atoms. The summed E-state index contributed by atoms with van der Waals surface area (Å²) in [7, 11) is 0. The summed E-state index contributed by atoms with van der Waals surface area (Å²) >= 11 is 11.8. The van der Waals surface area contributed by atoms with Crippen LogP contribution in [0.2, 0.25) is 10.2 Å². The monoisotopic (exact) mass is 419 g/mol. The largest absolute Gasteiger partial charge is 0.358 e. The van der Waals surface area contributed by atoms with Gasteiger partial charge < -0.3 is 10.1 Å². The minimum atomic E-state index is -0.410. The molecule has 3 aromatic rings. The van der Waals surface area contributed by atoms with E-state index in [2.05, 4.69) is 15.0 Å². The fourth-order valence-electron chi connectivity index (χ4n) is 2.90. The molecule has 1 aromatic carbocycles. The molecule has 0 aliphatic rings. The van der Waals surface area contributed by atoms with Crippen molar-refractivity contribution in [2.45, 2.75) is 26.6 Å². The molecule has 0 unspecified atom stereocenters. The number of hydrogen-bond donors (Lipinski definition) is 0. The number of hydrogen-bond acceptors (Lipinski definition) is 5. The Hall–Kier alpha value is -2.48. The van der Waals surface area contributed by atoms with Crippen LogP contribution in [0.25, 0.3) is 0 Å². The molecule has 3 rings (SSSR count). The molecule has 0 amide bonds. The van der Waals surface area contributed by atoms with E-state index in [1.807, 2.05) is 30.3 Å². The van der Waals surface area contributed by atoms with Gasteiger partial charge in [0, 0.05) is 30.9 Å². The molecule has 7 nitrogen and oxygen atoms in total.